The van der Waals surface area contributed by atoms with E-state index in [0.717, 1.165) is 6.07 Å². The third kappa shape index (κ3) is 4.25. The molecule has 0 aromatic heterocycles. The number of hydrogen-bond donors (Lipinski definition) is 3. The number of carbonyl (C=O) groups excluding carboxylic acids is 1. The molecule has 6 heteroatoms. The number of amides is 1. The van der Waals surface area contributed by atoms with Crippen LogP contribution in [0.4, 0.5) is 4.39 Å². The van der Waals surface area contributed by atoms with Crippen LogP contribution in [0.5, 0.6) is 0 Å². The number of benzene rings is 1. The smallest absolute Gasteiger partial charge is 0.216 e. The maximum atomic E-state index is 13.0. The first-order valence-electron chi connectivity index (χ1n) is 5.47. The highest BCUT2D eigenvalue weighted by molar-refractivity contribution is 6.31. The monoisotopic (exact) mass is 275 g/mol. The van der Waals surface area contributed by atoms with Gasteiger partial charge in [0.05, 0.1) is 6.10 Å². The summed E-state index contributed by atoms with van der Waals surface area (Å²) in [5.74, 6) is -0.761. The first-order valence-corrected chi connectivity index (χ1v) is 5.85. The van der Waals surface area contributed by atoms with Crippen LogP contribution in [0.15, 0.2) is 18.2 Å². The molecule has 0 fully saturated rings. The molecule has 0 aliphatic carbocycles. The Labute approximate surface area is 109 Å². The van der Waals surface area contributed by atoms with Crippen LogP contribution in [0, 0.1) is 5.82 Å². The molecule has 3 N–H and O–H groups in total. The molecule has 1 aromatic carbocycles. The molecule has 4 nitrogen and oxygen atoms in total. The lowest BCUT2D eigenvalue weighted by molar-refractivity contribution is -0.119. The van der Waals surface area contributed by atoms with Crippen molar-refractivity contribution in [1.29, 1.82) is 0 Å². The minimum absolute atomic E-state index is 0.131. The molecule has 0 aliphatic rings. The molecule has 0 bridgehead atoms. The highest BCUT2D eigenvalue weighted by Crippen LogP contribution is 2.27. The topological polar surface area (TPSA) is 69.6 Å². The Bertz CT molecular complexity index is 428. The Balaban J connectivity index is 2.64. The van der Waals surface area contributed by atoms with Crippen LogP contribution in [0.1, 0.15) is 25.0 Å². The Hall–Kier alpha value is -1.17. The van der Waals surface area contributed by atoms with Crippen LogP contribution in [0.2, 0.25) is 5.02 Å². The zero-order chi connectivity index (χ0) is 13.7. The third-order valence-electron chi connectivity index (χ3n) is 2.46. The second-order valence-corrected chi connectivity index (χ2v) is 4.36. The zero-order valence-electron chi connectivity index (χ0n) is 9.86. The lowest BCUT2D eigenvalue weighted by Gasteiger charge is -2.19. The molecular formula is C12H15ClFNO3. The van der Waals surface area contributed by atoms with Gasteiger partial charge in [-0.2, -0.15) is 0 Å². The number of aliphatic hydroxyl groups is 2. The summed E-state index contributed by atoms with van der Waals surface area (Å²) < 4.78 is 13.0. The number of halogens is 2. The second kappa shape index (κ2) is 6.68. The maximum Gasteiger partial charge on any atom is 0.216 e. The van der Waals surface area contributed by atoms with E-state index in [1.165, 1.54) is 19.1 Å². The molecule has 0 saturated carbocycles. The van der Waals surface area contributed by atoms with Gasteiger partial charge in [0.2, 0.25) is 5.91 Å². The van der Waals surface area contributed by atoms with Crippen molar-refractivity contribution in [2.75, 3.05) is 6.54 Å². The molecule has 18 heavy (non-hydrogen) atoms. The molecule has 2 atom stereocenters. The van der Waals surface area contributed by atoms with Gasteiger partial charge in [-0.1, -0.05) is 11.6 Å². The van der Waals surface area contributed by atoms with E-state index < -0.39 is 18.0 Å². The lowest BCUT2D eigenvalue weighted by Crippen LogP contribution is -2.27. The van der Waals surface area contributed by atoms with Gasteiger partial charge in [-0.25, -0.2) is 4.39 Å². The van der Waals surface area contributed by atoms with Crippen LogP contribution in [0.3, 0.4) is 0 Å². The summed E-state index contributed by atoms with van der Waals surface area (Å²) in [5, 5.41) is 22.2. The number of nitrogens with one attached hydrogen (secondary N) is 1. The van der Waals surface area contributed by atoms with E-state index in [9.17, 15) is 19.4 Å². The maximum absolute atomic E-state index is 13.0. The van der Waals surface area contributed by atoms with Crippen LogP contribution in [0.25, 0.3) is 0 Å². The molecule has 1 amide bonds. The average molecular weight is 276 g/mol. The molecule has 0 heterocycles. The van der Waals surface area contributed by atoms with Crippen LogP contribution >= 0.6 is 11.6 Å². The van der Waals surface area contributed by atoms with Crippen molar-refractivity contribution < 1.29 is 19.4 Å². The van der Waals surface area contributed by atoms with Crippen molar-refractivity contribution in [3.63, 3.8) is 0 Å². The van der Waals surface area contributed by atoms with Gasteiger partial charge in [0.15, 0.2) is 0 Å². The van der Waals surface area contributed by atoms with Gasteiger partial charge in [0.1, 0.15) is 11.9 Å². The van der Waals surface area contributed by atoms with Crippen LogP contribution in [-0.2, 0) is 4.79 Å². The molecule has 1 aromatic rings. The van der Waals surface area contributed by atoms with Gasteiger partial charge in [-0.05, 0) is 24.6 Å². The van der Waals surface area contributed by atoms with Gasteiger partial charge >= 0.3 is 0 Å². The van der Waals surface area contributed by atoms with Crippen molar-refractivity contribution in [2.45, 2.75) is 25.6 Å². The van der Waals surface area contributed by atoms with Crippen LogP contribution in [-0.4, -0.2) is 28.8 Å². The van der Waals surface area contributed by atoms with Gasteiger partial charge in [0.25, 0.3) is 0 Å². The van der Waals surface area contributed by atoms with Crippen LogP contribution < -0.4 is 5.32 Å². The minimum Gasteiger partial charge on any atom is -0.390 e. The zero-order valence-corrected chi connectivity index (χ0v) is 10.6. The third-order valence-corrected chi connectivity index (χ3v) is 2.80. The Morgan fingerprint density at radius 1 is 1.50 bits per heavy atom. The Morgan fingerprint density at radius 3 is 2.78 bits per heavy atom. The molecule has 100 valence electrons. The molecular weight excluding hydrogens is 261 g/mol. The summed E-state index contributed by atoms with van der Waals surface area (Å²) in [4.78, 5) is 10.6. The molecule has 1 rings (SSSR count). The van der Waals surface area contributed by atoms with E-state index in [1.807, 2.05) is 0 Å². The summed E-state index contributed by atoms with van der Waals surface area (Å²) in [5.41, 5.74) is 0.131. The van der Waals surface area contributed by atoms with E-state index in [0.29, 0.717) is 0 Å². The molecule has 2 unspecified atom stereocenters. The van der Waals surface area contributed by atoms with Gasteiger partial charge in [-0.15, -0.1) is 0 Å². The quantitative estimate of drug-likeness (QED) is 0.761. The first kappa shape index (κ1) is 14.9. The van der Waals surface area contributed by atoms with E-state index in [2.05, 4.69) is 5.32 Å². The normalized spacial score (nSPS) is 14.1. The molecule has 0 saturated heterocycles. The van der Waals surface area contributed by atoms with Crippen molar-refractivity contribution in [2.24, 2.45) is 0 Å². The SMILES string of the molecule is CC(=O)NCCC(O)C(O)c1cc(F)ccc1Cl. The lowest BCUT2D eigenvalue weighted by atomic mass is 10.0. The molecule has 0 spiro atoms. The van der Waals surface area contributed by atoms with Gasteiger partial charge < -0.3 is 15.5 Å². The van der Waals surface area contributed by atoms with Gasteiger partial charge in [-0.3, -0.25) is 4.79 Å². The highest BCUT2D eigenvalue weighted by atomic mass is 35.5. The minimum atomic E-state index is -1.29. The summed E-state index contributed by atoms with van der Waals surface area (Å²) in [7, 11) is 0. The summed E-state index contributed by atoms with van der Waals surface area (Å²) >= 11 is 5.81. The summed E-state index contributed by atoms with van der Waals surface area (Å²) in [6, 6.07) is 3.56. The molecule has 0 radical (unpaired) electrons. The van der Waals surface area contributed by atoms with E-state index in [1.54, 1.807) is 0 Å². The van der Waals surface area contributed by atoms with Crippen molar-refractivity contribution in [1.82, 2.24) is 5.32 Å². The fraction of sp³-hybridized carbons (Fsp3) is 0.417. The van der Waals surface area contributed by atoms with E-state index in [4.69, 9.17) is 11.6 Å². The molecule has 0 aliphatic heterocycles. The summed E-state index contributed by atoms with van der Waals surface area (Å²) in [6.45, 7) is 1.58. The van der Waals surface area contributed by atoms with Crippen molar-refractivity contribution >= 4 is 17.5 Å². The number of aliphatic hydroxyl groups excluding tert-OH is 2. The fourth-order valence-corrected chi connectivity index (χ4v) is 1.73. The first-order chi connectivity index (χ1) is 8.41. The summed E-state index contributed by atoms with van der Waals surface area (Å²) in [6.07, 6.45) is -2.27. The van der Waals surface area contributed by atoms with Crippen molar-refractivity contribution in [3.05, 3.63) is 34.6 Å². The van der Waals surface area contributed by atoms with Crippen molar-refractivity contribution in [3.8, 4) is 0 Å². The predicted octanol–water partition coefficient (Wildman–Crippen LogP) is 1.40. The Kier molecular flexibility index (Phi) is 5.53. The standard InChI is InChI=1S/C12H15ClFNO3/c1-7(16)15-5-4-11(17)12(18)9-6-8(14)2-3-10(9)13/h2-3,6,11-12,17-18H,4-5H2,1H3,(H,15,16). The van der Waals surface area contributed by atoms with Gasteiger partial charge in [0, 0.05) is 24.1 Å². The Morgan fingerprint density at radius 2 is 2.17 bits per heavy atom. The average Bonchev–Trinajstić information content (AvgIpc) is 2.30. The number of carbonyl (C=O) groups is 1. The van der Waals surface area contributed by atoms with E-state index in [-0.39, 0.29) is 29.5 Å². The predicted molar refractivity (Wildman–Crippen MR) is 65.7 cm³/mol. The fourth-order valence-electron chi connectivity index (χ4n) is 1.50. The number of rotatable bonds is 5. The largest absolute Gasteiger partial charge is 0.390 e. The van der Waals surface area contributed by atoms with E-state index >= 15 is 0 Å². The highest BCUT2D eigenvalue weighted by Gasteiger charge is 2.21. The number of hydrogen-bond acceptors (Lipinski definition) is 3. The second-order valence-electron chi connectivity index (χ2n) is 3.95.